The third-order valence-electron chi connectivity index (χ3n) is 1.85. The molecule has 0 amide bonds. The molecular formula is C9H21NOS. The minimum Gasteiger partial charge on any atom is -0.383 e. The summed E-state index contributed by atoms with van der Waals surface area (Å²) in [5.41, 5.74) is 0. The van der Waals surface area contributed by atoms with Crippen molar-refractivity contribution in [2.45, 2.75) is 31.6 Å². The van der Waals surface area contributed by atoms with Crippen molar-refractivity contribution < 1.29 is 4.74 Å². The van der Waals surface area contributed by atoms with Crippen LogP contribution in [0.2, 0.25) is 0 Å². The van der Waals surface area contributed by atoms with E-state index in [-0.39, 0.29) is 0 Å². The van der Waals surface area contributed by atoms with Crippen molar-refractivity contribution in [3.8, 4) is 0 Å². The van der Waals surface area contributed by atoms with Gasteiger partial charge in [0.1, 0.15) is 0 Å². The molecule has 12 heavy (non-hydrogen) atoms. The summed E-state index contributed by atoms with van der Waals surface area (Å²) in [7, 11) is 1.73. The third-order valence-corrected chi connectivity index (χ3v) is 3.10. The fourth-order valence-electron chi connectivity index (χ4n) is 0.801. The minimum atomic E-state index is 0.321. The Morgan fingerprint density at radius 1 is 1.50 bits per heavy atom. The van der Waals surface area contributed by atoms with Gasteiger partial charge in [-0.25, -0.2) is 0 Å². The Hall–Kier alpha value is 0.270. The molecule has 0 spiro atoms. The Morgan fingerprint density at radius 3 is 2.50 bits per heavy atom. The van der Waals surface area contributed by atoms with E-state index < -0.39 is 0 Å². The van der Waals surface area contributed by atoms with Crippen LogP contribution < -0.4 is 5.32 Å². The molecule has 3 heteroatoms. The summed E-state index contributed by atoms with van der Waals surface area (Å²) in [4.78, 5) is 0. The molecule has 0 bridgehead atoms. The van der Waals surface area contributed by atoms with Crippen LogP contribution in [-0.4, -0.2) is 37.3 Å². The summed E-state index contributed by atoms with van der Waals surface area (Å²) in [6.07, 6.45) is 2.14. The lowest BCUT2D eigenvalue weighted by Crippen LogP contribution is -2.39. The summed E-state index contributed by atoms with van der Waals surface area (Å²) in [5.74, 6) is 0. The number of methoxy groups -OCH3 is 1. The smallest absolute Gasteiger partial charge is 0.0613 e. The predicted octanol–water partition coefficient (Wildman–Crippen LogP) is 1.75. The van der Waals surface area contributed by atoms with Crippen molar-refractivity contribution in [1.29, 1.82) is 0 Å². The fraction of sp³-hybridized carbons (Fsp3) is 1.00. The van der Waals surface area contributed by atoms with Gasteiger partial charge in [0.2, 0.25) is 0 Å². The Bertz CT molecular complexity index is 117. The maximum absolute atomic E-state index is 5.03. The van der Waals surface area contributed by atoms with Gasteiger partial charge in [-0.15, -0.1) is 0 Å². The van der Waals surface area contributed by atoms with Crippen molar-refractivity contribution in [2.75, 3.05) is 26.5 Å². The predicted molar refractivity (Wildman–Crippen MR) is 56.9 cm³/mol. The highest BCUT2D eigenvalue weighted by Gasteiger charge is 2.16. The Labute approximate surface area is 80.4 Å². The first-order valence-corrected chi connectivity index (χ1v) is 5.52. The van der Waals surface area contributed by atoms with Gasteiger partial charge in [0.25, 0.3) is 0 Å². The molecule has 0 heterocycles. The first-order valence-electron chi connectivity index (χ1n) is 4.29. The first-order chi connectivity index (χ1) is 5.52. The quantitative estimate of drug-likeness (QED) is 0.691. The lowest BCUT2D eigenvalue weighted by atomic mass is 10.2. The van der Waals surface area contributed by atoms with Gasteiger partial charge in [0.05, 0.1) is 6.61 Å². The summed E-state index contributed by atoms with van der Waals surface area (Å²) in [5, 5.41) is 3.43. The molecule has 1 N–H and O–H groups in total. The summed E-state index contributed by atoms with van der Waals surface area (Å²) < 4.78 is 5.35. The lowest BCUT2D eigenvalue weighted by molar-refractivity contribution is 0.171. The van der Waals surface area contributed by atoms with Gasteiger partial charge >= 0.3 is 0 Å². The number of hydrogen-bond acceptors (Lipinski definition) is 3. The summed E-state index contributed by atoms with van der Waals surface area (Å²) in [6.45, 7) is 8.43. The van der Waals surface area contributed by atoms with Crippen LogP contribution in [0, 0.1) is 0 Å². The molecule has 0 rings (SSSR count). The molecule has 1 atom stereocenters. The largest absolute Gasteiger partial charge is 0.383 e. The second kappa shape index (κ2) is 5.84. The molecule has 0 radical (unpaired) electrons. The maximum Gasteiger partial charge on any atom is 0.0613 e. The highest BCUT2D eigenvalue weighted by Crippen LogP contribution is 2.19. The van der Waals surface area contributed by atoms with E-state index in [0.717, 1.165) is 13.2 Å². The zero-order valence-corrected chi connectivity index (χ0v) is 9.62. The van der Waals surface area contributed by atoms with Gasteiger partial charge in [-0.3, -0.25) is 0 Å². The standard InChI is InChI=1S/C9H21NOS/c1-8(6-11-4)10-7-9(2,3)12-5/h8,10H,6-7H2,1-5H3. The fourth-order valence-corrected chi connectivity index (χ4v) is 1.03. The van der Waals surface area contributed by atoms with Crippen molar-refractivity contribution in [1.82, 2.24) is 5.32 Å². The number of thioether (sulfide) groups is 1. The highest BCUT2D eigenvalue weighted by molar-refractivity contribution is 7.99. The topological polar surface area (TPSA) is 21.3 Å². The Balaban J connectivity index is 3.52. The first kappa shape index (κ1) is 12.3. The van der Waals surface area contributed by atoms with E-state index >= 15 is 0 Å². The van der Waals surface area contributed by atoms with Gasteiger partial charge in [-0.1, -0.05) is 0 Å². The Morgan fingerprint density at radius 2 is 2.08 bits per heavy atom. The molecule has 1 unspecified atom stereocenters. The van der Waals surface area contributed by atoms with E-state index in [1.807, 2.05) is 11.8 Å². The van der Waals surface area contributed by atoms with Crippen LogP contribution in [0.3, 0.4) is 0 Å². The molecular weight excluding hydrogens is 170 g/mol. The van der Waals surface area contributed by atoms with Crippen molar-refractivity contribution in [2.24, 2.45) is 0 Å². The highest BCUT2D eigenvalue weighted by atomic mass is 32.2. The lowest BCUT2D eigenvalue weighted by Gasteiger charge is -2.24. The van der Waals surface area contributed by atoms with Gasteiger partial charge in [-0.05, 0) is 27.0 Å². The normalized spacial score (nSPS) is 14.8. The second-order valence-electron chi connectivity index (χ2n) is 3.70. The van der Waals surface area contributed by atoms with Crippen LogP contribution in [0.25, 0.3) is 0 Å². The average molecular weight is 191 g/mol. The molecule has 0 aliphatic rings. The zero-order valence-electron chi connectivity index (χ0n) is 8.81. The van der Waals surface area contributed by atoms with E-state index in [2.05, 4.69) is 32.3 Å². The van der Waals surface area contributed by atoms with Crippen LogP contribution >= 0.6 is 11.8 Å². The number of rotatable bonds is 6. The molecule has 0 saturated heterocycles. The van der Waals surface area contributed by atoms with Crippen molar-refractivity contribution >= 4 is 11.8 Å². The van der Waals surface area contributed by atoms with E-state index in [1.54, 1.807) is 7.11 Å². The van der Waals surface area contributed by atoms with Crippen molar-refractivity contribution in [3.63, 3.8) is 0 Å². The third kappa shape index (κ3) is 5.86. The van der Waals surface area contributed by atoms with E-state index in [9.17, 15) is 0 Å². The molecule has 0 aliphatic heterocycles. The monoisotopic (exact) mass is 191 g/mol. The van der Waals surface area contributed by atoms with Crippen LogP contribution in [-0.2, 0) is 4.74 Å². The molecule has 0 saturated carbocycles. The number of nitrogens with one attached hydrogen (secondary N) is 1. The van der Waals surface area contributed by atoms with Crippen LogP contribution in [0.15, 0.2) is 0 Å². The Kier molecular flexibility index (Phi) is 5.97. The van der Waals surface area contributed by atoms with Crippen LogP contribution in [0.1, 0.15) is 20.8 Å². The molecule has 0 aromatic carbocycles. The molecule has 0 aliphatic carbocycles. The molecule has 2 nitrogen and oxygen atoms in total. The van der Waals surface area contributed by atoms with Crippen LogP contribution in [0.4, 0.5) is 0 Å². The van der Waals surface area contributed by atoms with E-state index in [1.165, 1.54) is 0 Å². The van der Waals surface area contributed by atoms with Crippen LogP contribution in [0.5, 0.6) is 0 Å². The molecule has 0 aromatic rings. The second-order valence-corrected chi connectivity index (χ2v) is 5.21. The maximum atomic E-state index is 5.03. The molecule has 74 valence electrons. The molecule has 0 fully saturated rings. The van der Waals surface area contributed by atoms with Gasteiger partial charge in [-0.2, -0.15) is 11.8 Å². The van der Waals surface area contributed by atoms with Gasteiger partial charge in [0, 0.05) is 24.4 Å². The summed E-state index contributed by atoms with van der Waals surface area (Å²) in [6, 6.07) is 0.446. The summed E-state index contributed by atoms with van der Waals surface area (Å²) >= 11 is 1.88. The SMILES string of the molecule is COCC(C)NCC(C)(C)SC. The number of hydrogen-bond donors (Lipinski definition) is 1. The number of ether oxygens (including phenoxy) is 1. The zero-order chi connectivity index (χ0) is 9.61. The van der Waals surface area contributed by atoms with E-state index in [4.69, 9.17) is 4.74 Å². The minimum absolute atomic E-state index is 0.321. The average Bonchev–Trinajstić information content (AvgIpc) is 2.02. The molecule has 0 aromatic heterocycles. The van der Waals surface area contributed by atoms with E-state index in [0.29, 0.717) is 10.8 Å². The van der Waals surface area contributed by atoms with Gasteiger partial charge < -0.3 is 10.1 Å². The van der Waals surface area contributed by atoms with Gasteiger partial charge in [0.15, 0.2) is 0 Å². The van der Waals surface area contributed by atoms with Crippen molar-refractivity contribution in [3.05, 3.63) is 0 Å².